The fourth-order valence-electron chi connectivity index (χ4n) is 1.99. The number of hydrogen-bond donors (Lipinski definition) is 2. The first-order valence-electron chi connectivity index (χ1n) is 7.43. The van der Waals surface area contributed by atoms with Gasteiger partial charge in [-0.15, -0.1) is 0 Å². The first kappa shape index (κ1) is 19.1. The Morgan fingerprint density at radius 2 is 1.83 bits per heavy atom. The Hall–Kier alpha value is -1.21. The van der Waals surface area contributed by atoms with Crippen LogP contribution in [-0.2, 0) is 5.75 Å². The third-order valence-corrected chi connectivity index (χ3v) is 5.50. The second kappa shape index (κ2) is 9.93. The van der Waals surface area contributed by atoms with Gasteiger partial charge in [0.05, 0.1) is 22.4 Å². The Morgan fingerprint density at radius 3 is 2.42 bits per heavy atom. The van der Waals surface area contributed by atoms with Gasteiger partial charge in [-0.1, -0.05) is 72.3 Å². The highest BCUT2D eigenvalue weighted by atomic mass is 32.2. The summed E-state index contributed by atoms with van der Waals surface area (Å²) in [5.41, 5.74) is 9.46. The Labute approximate surface area is 157 Å². The lowest BCUT2D eigenvalue weighted by atomic mass is 10.1. The molecule has 0 aliphatic heterocycles. The molecule has 2 aromatic rings. The topological polar surface area (TPSA) is 47.3 Å². The number of rotatable bonds is 9. The van der Waals surface area contributed by atoms with Gasteiger partial charge in [0.2, 0.25) is 0 Å². The van der Waals surface area contributed by atoms with Crippen LogP contribution in [0.2, 0.25) is 0 Å². The SMILES string of the molecule is C=C(N)SC(NSCc1ccc(OSC)cc1)c1ccc(C)cc1. The van der Waals surface area contributed by atoms with E-state index in [0.717, 1.165) is 11.5 Å². The minimum absolute atomic E-state index is 0.0761. The van der Waals surface area contributed by atoms with E-state index < -0.39 is 0 Å². The van der Waals surface area contributed by atoms with Crippen molar-refractivity contribution >= 4 is 35.8 Å². The van der Waals surface area contributed by atoms with Crippen molar-refractivity contribution < 1.29 is 4.18 Å². The maximum atomic E-state index is 5.79. The fourth-order valence-corrected chi connectivity index (χ4v) is 4.02. The monoisotopic (exact) mass is 378 g/mol. The zero-order valence-electron chi connectivity index (χ0n) is 13.8. The van der Waals surface area contributed by atoms with E-state index in [1.54, 1.807) is 11.9 Å². The number of aryl methyl sites for hydroxylation is 1. The zero-order valence-corrected chi connectivity index (χ0v) is 16.3. The predicted octanol–water partition coefficient (Wildman–Crippen LogP) is 5.25. The Bertz CT molecular complexity index is 644. The molecule has 0 aliphatic carbocycles. The number of benzene rings is 2. The van der Waals surface area contributed by atoms with Crippen molar-refractivity contribution in [3.63, 3.8) is 0 Å². The van der Waals surface area contributed by atoms with Gasteiger partial charge in [-0.2, -0.15) is 0 Å². The molecule has 1 atom stereocenters. The van der Waals surface area contributed by atoms with Crippen molar-refractivity contribution in [1.82, 2.24) is 4.72 Å². The molecule has 0 spiro atoms. The van der Waals surface area contributed by atoms with Crippen LogP contribution in [0.4, 0.5) is 0 Å². The molecule has 0 saturated heterocycles. The van der Waals surface area contributed by atoms with Crippen LogP contribution in [-0.4, -0.2) is 6.26 Å². The van der Waals surface area contributed by atoms with Crippen molar-refractivity contribution in [1.29, 1.82) is 0 Å². The summed E-state index contributed by atoms with van der Waals surface area (Å²) in [5.74, 6) is 1.73. The second-order valence-electron chi connectivity index (χ2n) is 5.18. The quantitative estimate of drug-likeness (QED) is 0.353. The molecule has 0 fully saturated rings. The molecular formula is C18H22N2OS3. The fraction of sp³-hybridized carbons (Fsp3) is 0.222. The summed E-state index contributed by atoms with van der Waals surface area (Å²) in [6.45, 7) is 5.89. The van der Waals surface area contributed by atoms with Crippen molar-refractivity contribution in [2.75, 3.05) is 6.26 Å². The molecule has 24 heavy (non-hydrogen) atoms. The third-order valence-electron chi connectivity index (χ3n) is 3.18. The van der Waals surface area contributed by atoms with E-state index >= 15 is 0 Å². The minimum atomic E-state index is 0.0761. The van der Waals surface area contributed by atoms with E-state index in [4.69, 9.17) is 9.92 Å². The van der Waals surface area contributed by atoms with Crippen LogP contribution in [0.5, 0.6) is 5.75 Å². The van der Waals surface area contributed by atoms with Crippen LogP contribution in [0.1, 0.15) is 22.1 Å². The zero-order chi connectivity index (χ0) is 17.4. The van der Waals surface area contributed by atoms with Gasteiger partial charge in [0.1, 0.15) is 5.75 Å². The lowest BCUT2D eigenvalue weighted by molar-refractivity contribution is 0.650. The average molecular weight is 379 g/mol. The summed E-state index contributed by atoms with van der Waals surface area (Å²) >= 11 is 4.54. The van der Waals surface area contributed by atoms with Gasteiger partial charge in [0.15, 0.2) is 0 Å². The first-order valence-corrected chi connectivity index (χ1v) is 10.4. The first-order chi connectivity index (χ1) is 11.6. The van der Waals surface area contributed by atoms with Gasteiger partial charge in [-0.25, -0.2) is 4.72 Å². The van der Waals surface area contributed by atoms with Crippen molar-refractivity contribution in [3.8, 4) is 5.75 Å². The summed E-state index contributed by atoms with van der Waals surface area (Å²) in [5, 5.41) is 0.680. The number of thioether (sulfide) groups is 1. The molecule has 0 amide bonds. The van der Waals surface area contributed by atoms with Crippen LogP contribution in [0, 0.1) is 6.92 Å². The molecule has 2 aromatic carbocycles. The molecule has 3 nitrogen and oxygen atoms in total. The van der Waals surface area contributed by atoms with Crippen molar-refractivity contribution in [3.05, 3.63) is 76.8 Å². The minimum Gasteiger partial charge on any atom is -0.426 e. The molecule has 0 saturated carbocycles. The van der Waals surface area contributed by atoms with E-state index in [0.29, 0.717) is 5.03 Å². The largest absolute Gasteiger partial charge is 0.426 e. The summed E-state index contributed by atoms with van der Waals surface area (Å²) in [7, 11) is 0. The standard InChI is InChI=1S/C18H22N2OS3/c1-13-4-8-16(9-5-13)18(24-14(2)19)20-23-12-15-6-10-17(11-7-15)21-22-3/h4-11,18,20H,2,12,19H2,1,3H3. The molecule has 1 unspecified atom stereocenters. The van der Waals surface area contributed by atoms with Gasteiger partial charge in [-0.05, 0) is 30.2 Å². The van der Waals surface area contributed by atoms with Crippen LogP contribution in [0.15, 0.2) is 60.1 Å². The molecule has 6 heteroatoms. The van der Waals surface area contributed by atoms with Crippen LogP contribution >= 0.6 is 35.8 Å². The summed E-state index contributed by atoms with van der Waals surface area (Å²) in [6, 6.07) is 16.6. The molecule has 0 radical (unpaired) electrons. The Balaban J connectivity index is 1.92. The average Bonchev–Trinajstić information content (AvgIpc) is 2.56. The molecule has 3 N–H and O–H groups in total. The van der Waals surface area contributed by atoms with E-state index in [2.05, 4.69) is 54.6 Å². The maximum Gasteiger partial charge on any atom is 0.137 e. The highest BCUT2D eigenvalue weighted by molar-refractivity contribution is 8.04. The van der Waals surface area contributed by atoms with E-state index in [-0.39, 0.29) is 5.37 Å². The summed E-state index contributed by atoms with van der Waals surface area (Å²) in [6.07, 6.45) is 1.90. The van der Waals surface area contributed by atoms with Gasteiger partial charge >= 0.3 is 0 Å². The lowest BCUT2D eigenvalue weighted by Crippen LogP contribution is -2.12. The van der Waals surface area contributed by atoms with Crippen molar-refractivity contribution in [2.24, 2.45) is 5.73 Å². The van der Waals surface area contributed by atoms with Crippen LogP contribution in [0.3, 0.4) is 0 Å². The molecule has 0 aromatic heterocycles. The van der Waals surface area contributed by atoms with Crippen LogP contribution < -0.4 is 14.6 Å². The van der Waals surface area contributed by atoms with Crippen LogP contribution in [0.25, 0.3) is 0 Å². The molecule has 2 rings (SSSR count). The Morgan fingerprint density at radius 1 is 1.17 bits per heavy atom. The number of nitrogens with one attached hydrogen (secondary N) is 1. The molecule has 128 valence electrons. The predicted molar refractivity (Wildman–Crippen MR) is 110 cm³/mol. The molecule has 0 aliphatic rings. The third kappa shape index (κ3) is 6.36. The second-order valence-corrected chi connectivity index (χ2v) is 7.72. The normalized spacial score (nSPS) is 11.9. The van der Waals surface area contributed by atoms with E-state index in [1.807, 2.05) is 18.4 Å². The molecule has 0 bridgehead atoms. The lowest BCUT2D eigenvalue weighted by Gasteiger charge is -2.18. The van der Waals surface area contributed by atoms with Gasteiger partial charge in [0, 0.05) is 12.0 Å². The molecule has 0 heterocycles. The van der Waals surface area contributed by atoms with Gasteiger partial charge in [-0.3, -0.25) is 0 Å². The van der Waals surface area contributed by atoms with Gasteiger partial charge in [0.25, 0.3) is 0 Å². The summed E-state index contributed by atoms with van der Waals surface area (Å²) < 4.78 is 8.86. The maximum absolute atomic E-state index is 5.79. The highest BCUT2D eigenvalue weighted by Gasteiger charge is 2.12. The van der Waals surface area contributed by atoms with Gasteiger partial charge < -0.3 is 9.92 Å². The Kier molecular flexibility index (Phi) is 7.91. The smallest absolute Gasteiger partial charge is 0.137 e. The van der Waals surface area contributed by atoms with Crippen molar-refractivity contribution in [2.45, 2.75) is 18.1 Å². The van der Waals surface area contributed by atoms with E-state index in [1.165, 1.54) is 40.5 Å². The van der Waals surface area contributed by atoms with E-state index in [9.17, 15) is 0 Å². The number of hydrogen-bond acceptors (Lipinski definition) is 6. The summed E-state index contributed by atoms with van der Waals surface area (Å²) in [4.78, 5) is 0. The number of nitrogens with two attached hydrogens (primary N) is 1. The highest BCUT2D eigenvalue weighted by Crippen LogP contribution is 2.32. The molecular weight excluding hydrogens is 356 g/mol.